The van der Waals surface area contributed by atoms with E-state index in [1.54, 1.807) is 24.5 Å². The molecule has 0 unspecified atom stereocenters. The third-order valence-corrected chi connectivity index (χ3v) is 2.94. The van der Waals surface area contributed by atoms with Gasteiger partial charge in [-0.25, -0.2) is 0 Å². The summed E-state index contributed by atoms with van der Waals surface area (Å²) in [5.41, 5.74) is 1.63. The molecule has 0 fully saturated rings. The number of hydrogen-bond donors (Lipinski definition) is 2. The Morgan fingerprint density at radius 2 is 1.67 bits per heavy atom. The van der Waals surface area contributed by atoms with Crippen LogP contribution in [0.4, 0.5) is 0 Å². The molecule has 1 aliphatic carbocycles. The van der Waals surface area contributed by atoms with Crippen LogP contribution < -0.4 is 0 Å². The topological polar surface area (TPSA) is 70.4 Å². The van der Waals surface area contributed by atoms with Crippen molar-refractivity contribution in [3.8, 4) is 5.75 Å². The molecule has 2 aromatic rings. The van der Waals surface area contributed by atoms with Gasteiger partial charge in [0.05, 0.1) is 5.57 Å². The number of nitrogens with zero attached hydrogens (tertiary/aromatic N) is 1. The summed E-state index contributed by atoms with van der Waals surface area (Å²) in [6, 6.07) is 7.65. The summed E-state index contributed by atoms with van der Waals surface area (Å²) in [7, 11) is 0. The number of Topliss-reactive ketones (excluding diaryl/α,β-unsaturated/α-hetero) is 1. The number of carbonyl (C=O) groups is 1. The van der Waals surface area contributed by atoms with Gasteiger partial charge in [0, 0.05) is 23.5 Å². The molecule has 0 radical (unpaired) electrons. The van der Waals surface area contributed by atoms with Crippen LogP contribution >= 0.6 is 0 Å². The van der Waals surface area contributed by atoms with Crippen molar-refractivity contribution >= 4 is 17.1 Å². The minimum atomic E-state index is -0.242. The molecule has 18 heavy (non-hydrogen) atoms. The monoisotopic (exact) mass is 239 g/mol. The third-order valence-electron chi connectivity index (χ3n) is 2.94. The second-order valence-corrected chi connectivity index (χ2v) is 4.02. The number of carbonyl (C=O) groups excluding carboxylic acids is 1. The van der Waals surface area contributed by atoms with Gasteiger partial charge in [-0.15, -0.1) is 0 Å². The van der Waals surface area contributed by atoms with Crippen LogP contribution in [0.3, 0.4) is 0 Å². The molecule has 0 bridgehead atoms. The maximum atomic E-state index is 12.2. The Hall–Kier alpha value is -2.62. The Kier molecular flexibility index (Phi) is 2.16. The summed E-state index contributed by atoms with van der Waals surface area (Å²) in [6.45, 7) is 0. The molecular formula is C14H9NO3. The molecule has 0 saturated heterocycles. The Bertz CT molecular complexity index is 675. The van der Waals surface area contributed by atoms with Gasteiger partial charge >= 0.3 is 0 Å². The van der Waals surface area contributed by atoms with Crippen LogP contribution in [0.5, 0.6) is 5.75 Å². The average molecular weight is 239 g/mol. The molecule has 0 aliphatic heterocycles. The van der Waals surface area contributed by atoms with Crippen LogP contribution in [-0.2, 0) is 0 Å². The van der Waals surface area contributed by atoms with Crippen LogP contribution in [0.2, 0.25) is 0 Å². The number of aliphatic hydroxyl groups excluding tert-OH is 1. The lowest BCUT2D eigenvalue weighted by atomic mass is 10.0. The van der Waals surface area contributed by atoms with Crippen molar-refractivity contribution in [3.05, 3.63) is 59.4 Å². The van der Waals surface area contributed by atoms with E-state index in [1.165, 1.54) is 18.2 Å². The molecule has 4 heteroatoms. The molecule has 3 rings (SSSR count). The fraction of sp³-hybridized carbons (Fsp3) is 0. The maximum absolute atomic E-state index is 12.2. The van der Waals surface area contributed by atoms with E-state index in [4.69, 9.17) is 0 Å². The number of hydrogen-bond acceptors (Lipinski definition) is 4. The minimum absolute atomic E-state index is 0.0177. The van der Waals surface area contributed by atoms with Gasteiger partial charge in [-0.05, 0) is 35.9 Å². The first kappa shape index (κ1) is 10.5. The lowest BCUT2D eigenvalue weighted by molar-refractivity contribution is 0.105. The molecule has 88 valence electrons. The average Bonchev–Trinajstić information content (AvgIpc) is 2.63. The van der Waals surface area contributed by atoms with E-state index >= 15 is 0 Å². The van der Waals surface area contributed by atoms with Crippen molar-refractivity contribution in [1.29, 1.82) is 0 Å². The second-order valence-electron chi connectivity index (χ2n) is 4.02. The highest BCUT2D eigenvalue weighted by Gasteiger charge is 2.30. The van der Waals surface area contributed by atoms with Gasteiger partial charge < -0.3 is 10.2 Å². The summed E-state index contributed by atoms with van der Waals surface area (Å²) in [6.07, 6.45) is 3.12. The molecule has 1 aliphatic rings. The molecule has 1 aromatic carbocycles. The molecular weight excluding hydrogens is 230 g/mol. The smallest absolute Gasteiger partial charge is 0.198 e. The molecule has 1 aromatic heterocycles. The Morgan fingerprint density at radius 1 is 0.944 bits per heavy atom. The van der Waals surface area contributed by atoms with Gasteiger partial charge in [0.1, 0.15) is 11.5 Å². The highest BCUT2D eigenvalue weighted by molar-refractivity contribution is 6.38. The fourth-order valence-electron chi connectivity index (χ4n) is 2.09. The summed E-state index contributed by atoms with van der Waals surface area (Å²) < 4.78 is 0. The standard InChI is InChI=1S/C14H9NO3/c16-9-1-2-10-11(7-9)14(18)12(13(10)17)8-3-5-15-6-4-8/h1-7,16,18H. The van der Waals surface area contributed by atoms with Gasteiger partial charge in [0.2, 0.25) is 0 Å². The van der Waals surface area contributed by atoms with E-state index in [9.17, 15) is 15.0 Å². The minimum Gasteiger partial charge on any atom is -0.508 e. The maximum Gasteiger partial charge on any atom is 0.198 e. The van der Waals surface area contributed by atoms with E-state index in [1.807, 2.05) is 0 Å². The van der Waals surface area contributed by atoms with Crippen LogP contribution in [-0.4, -0.2) is 21.0 Å². The molecule has 0 atom stereocenters. The van der Waals surface area contributed by atoms with E-state index in [2.05, 4.69) is 4.98 Å². The van der Waals surface area contributed by atoms with E-state index in [-0.39, 0.29) is 22.9 Å². The summed E-state index contributed by atoms with van der Waals surface area (Å²) in [5.74, 6) is -0.324. The third kappa shape index (κ3) is 1.39. The van der Waals surface area contributed by atoms with Gasteiger partial charge in [-0.1, -0.05) is 0 Å². The van der Waals surface area contributed by atoms with Crippen molar-refractivity contribution in [3.63, 3.8) is 0 Å². The Labute approximate surface area is 103 Å². The van der Waals surface area contributed by atoms with Gasteiger partial charge in [0.25, 0.3) is 0 Å². The molecule has 0 amide bonds. The lowest BCUT2D eigenvalue weighted by Crippen LogP contribution is -1.98. The van der Waals surface area contributed by atoms with E-state index < -0.39 is 0 Å². The van der Waals surface area contributed by atoms with E-state index in [0.29, 0.717) is 16.7 Å². The molecule has 2 N–H and O–H groups in total. The number of allylic oxidation sites excluding steroid dienone is 1. The Balaban J connectivity index is 2.22. The number of pyridine rings is 1. The zero-order chi connectivity index (χ0) is 12.7. The van der Waals surface area contributed by atoms with Crippen LogP contribution in [0.25, 0.3) is 11.3 Å². The van der Waals surface area contributed by atoms with Gasteiger partial charge in [-0.3, -0.25) is 9.78 Å². The summed E-state index contributed by atoms with van der Waals surface area (Å²) in [4.78, 5) is 16.1. The predicted molar refractivity (Wildman–Crippen MR) is 66.1 cm³/mol. The number of benzene rings is 1. The highest BCUT2D eigenvalue weighted by atomic mass is 16.3. The first-order chi connectivity index (χ1) is 8.68. The number of rotatable bonds is 1. The normalized spacial score (nSPS) is 13.9. The van der Waals surface area contributed by atoms with Crippen molar-refractivity contribution in [2.75, 3.05) is 0 Å². The number of aromatic nitrogens is 1. The predicted octanol–water partition coefficient (Wildman–Crippen LogP) is 2.41. The number of ketones is 1. The lowest BCUT2D eigenvalue weighted by Gasteiger charge is -2.00. The number of phenols is 1. The van der Waals surface area contributed by atoms with Crippen LogP contribution in [0, 0.1) is 0 Å². The molecule has 4 nitrogen and oxygen atoms in total. The first-order valence-corrected chi connectivity index (χ1v) is 5.40. The number of phenolic OH excluding ortho intramolecular Hbond substituents is 1. The van der Waals surface area contributed by atoms with Crippen LogP contribution in [0.1, 0.15) is 21.5 Å². The molecule has 0 spiro atoms. The van der Waals surface area contributed by atoms with Gasteiger partial charge in [0.15, 0.2) is 5.78 Å². The number of aliphatic hydroxyl groups is 1. The first-order valence-electron chi connectivity index (χ1n) is 5.40. The second kappa shape index (κ2) is 3.70. The number of fused-ring (bicyclic) bond motifs is 1. The van der Waals surface area contributed by atoms with Crippen molar-refractivity contribution in [2.45, 2.75) is 0 Å². The van der Waals surface area contributed by atoms with Crippen molar-refractivity contribution < 1.29 is 15.0 Å². The zero-order valence-corrected chi connectivity index (χ0v) is 9.29. The molecule has 1 heterocycles. The highest BCUT2D eigenvalue weighted by Crippen LogP contribution is 2.37. The van der Waals surface area contributed by atoms with Crippen LogP contribution in [0.15, 0.2) is 42.7 Å². The quantitative estimate of drug-likeness (QED) is 0.801. The zero-order valence-electron chi connectivity index (χ0n) is 9.29. The van der Waals surface area contributed by atoms with Crippen molar-refractivity contribution in [2.24, 2.45) is 0 Å². The van der Waals surface area contributed by atoms with Crippen molar-refractivity contribution in [1.82, 2.24) is 4.98 Å². The number of aromatic hydroxyl groups is 1. The Morgan fingerprint density at radius 3 is 2.39 bits per heavy atom. The largest absolute Gasteiger partial charge is 0.508 e. The van der Waals surface area contributed by atoms with E-state index in [0.717, 1.165) is 0 Å². The summed E-state index contributed by atoms with van der Waals surface area (Å²) in [5, 5.41) is 19.5. The summed E-state index contributed by atoms with van der Waals surface area (Å²) >= 11 is 0. The van der Waals surface area contributed by atoms with Gasteiger partial charge in [-0.2, -0.15) is 0 Å². The fourth-order valence-corrected chi connectivity index (χ4v) is 2.09. The molecule has 0 saturated carbocycles. The SMILES string of the molecule is O=C1C(c2ccncc2)=C(O)c2cc(O)ccc21.